The Morgan fingerprint density at radius 3 is 3.04 bits per heavy atom. The van der Waals surface area contributed by atoms with Crippen LogP contribution in [0.4, 0.5) is 0 Å². The first-order valence-corrected chi connectivity index (χ1v) is 8.57. The number of fused-ring (bicyclic) bond motifs is 2. The van der Waals surface area contributed by atoms with E-state index in [9.17, 15) is 4.79 Å². The molecule has 6 heteroatoms. The van der Waals surface area contributed by atoms with E-state index in [2.05, 4.69) is 20.9 Å². The molecular formula is C19H18ClN3O2. The fourth-order valence-electron chi connectivity index (χ4n) is 3.34. The average molecular weight is 356 g/mol. The van der Waals surface area contributed by atoms with Gasteiger partial charge in [-0.05, 0) is 41.8 Å². The molecule has 0 amide bonds. The summed E-state index contributed by atoms with van der Waals surface area (Å²) in [5, 5.41) is 1.38. The first-order chi connectivity index (χ1) is 12.1. The molecule has 0 fully saturated rings. The summed E-state index contributed by atoms with van der Waals surface area (Å²) in [6.45, 7) is 2.30. The Kier molecular flexibility index (Phi) is 4.19. The summed E-state index contributed by atoms with van der Waals surface area (Å²) in [6.07, 6.45) is 0.907. The number of aromatic nitrogens is 2. The predicted octanol–water partition coefficient (Wildman–Crippen LogP) is 3.14. The topological polar surface area (TPSA) is 58.2 Å². The van der Waals surface area contributed by atoms with Gasteiger partial charge in [0.2, 0.25) is 0 Å². The second-order valence-electron chi connectivity index (χ2n) is 6.23. The minimum Gasteiger partial charge on any atom is -0.497 e. The number of H-pyrrole nitrogens is 1. The van der Waals surface area contributed by atoms with Crippen molar-refractivity contribution in [2.45, 2.75) is 19.5 Å². The number of benzene rings is 2. The molecular weight excluding hydrogens is 338 g/mol. The molecule has 0 saturated carbocycles. The minimum absolute atomic E-state index is 0.139. The zero-order valence-electron chi connectivity index (χ0n) is 13.9. The van der Waals surface area contributed by atoms with Gasteiger partial charge >= 0.3 is 0 Å². The van der Waals surface area contributed by atoms with Crippen LogP contribution in [-0.2, 0) is 19.5 Å². The molecule has 0 spiro atoms. The lowest BCUT2D eigenvalue weighted by Gasteiger charge is -2.28. The molecule has 0 unspecified atom stereocenters. The van der Waals surface area contributed by atoms with Gasteiger partial charge in [-0.2, -0.15) is 0 Å². The van der Waals surface area contributed by atoms with Gasteiger partial charge in [-0.25, -0.2) is 4.98 Å². The SMILES string of the molecule is COc1ccc2nc(CN3CCc4c(Cl)cccc4C3)[nH]c(=O)c2c1. The van der Waals surface area contributed by atoms with E-state index in [1.54, 1.807) is 13.2 Å². The lowest BCUT2D eigenvalue weighted by Crippen LogP contribution is -2.31. The van der Waals surface area contributed by atoms with E-state index in [-0.39, 0.29) is 5.56 Å². The fraction of sp³-hybridized carbons (Fsp3) is 0.263. The molecule has 128 valence electrons. The summed E-state index contributed by atoms with van der Waals surface area (Å²) in [4.78, 5) is 22.1. The predicted molar refractivity (Wildman–Crippen MR) is 98.2 cm³/mol. The van der Waals surface area contributed by atoms with Crippen LogP contribution in [0.2, 0.25) is 5.02 Å². The molecule has 5 nitrogen and oxygen atoms in total. The number of aromatic amines is 1. The lowest BCUT2D eigenvalue weighted by molar-refractivity contribution is 0.239. The monoisotopic (exact) mass is 355 g/mol. The number of nitrogens with one attached hydrogen (secondary N) is 1. The number of nitrogens with zero attached hydrogens (tertiary/aromatic N) is 2. The van der Waals surface area contributed by atoms with E-state index in [1.807, 2.05) is 24.3 Å². The zero-order chi connectivity index (χ0) is 17.4. The van der Waals surface area contributed by atoms with Crippen LogP contribution in [-0.4, -0.2) is 28.5 Å². The third kappa shape index (κ3) is 3.13. The van der Waals surface area contributed by atoms with Crippen LogP contribution < -0.4 is 10.3 Å². The lowest BCUT2D eigenvalue weighted by atomic mass is 10.00. The van der Waals surface area contributed by atoms with Gasteiger partial charge in [0.25, 0.3) is 5.56 Å². The van der Waals surface area contributed by atoms with Gasteiger partial charge in [-0.3, -0.25) is 9.69 Å². The molecule has 0 radical (unpaired) electrons. The first-order valence-electron chi connectivity index (χ1n) is 8.19. The molecule has 1 N–H and O–H groups in total. The molecule has 0 aliphatic carbocycles. The van der Waals surface area contributed by atoms with Gasteiger partial charge in [0, 0.05) is 18.1 Å². The normalized spacial score (nSPS) is 14.5. The van der Waals surface area contributed by atoms with Crippen LogP contribution in [0.15, 0.2) is 41.2 Å². The Hall–Kier alpha value is -2.37. The van der Waals surface area contributed by atoms with Crippen molar-refractivity contribution in [2.75, 3.05) is 13.7 Å². The molecule has 25 heavy (non-hydrogen) atoms. The van der Waals surface area contributed by atoms with Gasteiger partial charge in [0.1, 0.15) is 11.6 Å². The Labute approximate surface area is 150 Å². The second kappa shape index (κ2) is 6.50. The smallest absolute Gasteiger partial charge is 0.258 e. The molecule has 4 rings (SSSR count). The Morgan fingerprint density at radius 2 is 2.20 bits per heavy atom. The number of rotatable bonds is 3. The van der Waals surface area contributed by atoms with Crippen LogP contribution in [0.5, 0.6) is 5.75 Å². The number of hydrogen-bond acceptors (Lipinski definition) is 4. The van der Waals surface area contributed by atoms with Crippen LogP contribution in [0, 0.1) is 0 Å². The van der Waals surface area contributed by atoms with E-state index in [0.29, 0.717) is 29.0 Å². The molecule has 1 aliphatic heterocycles. The van der Waals surface area contributed by atoms with Crippen molar-refractivity contribution in [1.29, 1.82) is 0 Å². The summed E-state index contributed by atoms with van der Waals surface area (Å²) in [5.74, 6) is 1.32. The van der Waals surface area contributed by atoms with Gasteiger partial charge in [-0.15, -0.1) is 0 Å². The Morgan fingerprint density at radius 1 is 1.32 bits per heavy atom. The molecule has 0 bridgehead atoms. The van der Waals surface area contributed by atoms with E-state index in [0.717, 1.165) is 24.5 Å². The highest BCUT2D eigenvalue weighted by molar-refractivity contribution is 6.31. The summed E-state index contributed by atoms with van der Waals surface area (Å²) in [5.41, 5.74) is 3.01. The minimum atomic E-state index is -0.139. The van der Waals surface area contributed by atoms with E-state index >= 15 is 0 Å². The molecule has 2 aromatic carbocycles. The van der Waals surface area contributed by atoms with Gasteiger partial charge in [0.15, 0.2) is 0 Å². The zero-order valence-corrected chi connectivity index (χ0v) is 14.6. The quantitative estimate of drug-likeness (QED) is 0.784. The third-order valence-corrected chi connectivity index (χ3v) is 4.98. The van der Waals surface area contributed by atoms with Crippen molar-refractivity contribution in [2.24, 2.45) is 0 Å². The first kappa shape index (κ1) is 16.1. The molecule has 0 saturated heterocycles. The summed E-state index contributed by atoms with van der Waals surface area (Å²) >= 11 is 6.27. The maximum absolute atomic E-state index is 12.4. The molecule has 1 aromatic heterocycles. The van der Waals surface area contributed by atoms with Gasteiger partial charge in [-0.1, -0.05) is 23.7 Å². The maximum Gasteiger partial charge on any atom is 0.258 e. The number of methoxy groups -OCH3 is 1. The molecule has 0 atom stereocenters. The summed E-state index contributed by atoms with van der Waals surface area (Å²) in [6, 6.07) is 11.4. The standard InChI is InChI=1S/C19H18ClN3O2/c1-25-13-5-6-17-15(9-13)19(24)22-18(21-17)11-23-8-7-14-12(10-23)3-2-4-16(14)20/h2-6,9H,7-8,10-11H2,1H3,(H,21,22,24). The Balaban J connectivity index is 1.60. The highest BCUT2D eigenvalue weighted by atomic mass is 35.5. The van der Waals surface area contributed by atoms with E-state index in [1.165, 1.54) is 11.1 Å². The molecule has 2 heterocycles. The number of ether oxygens (including phenoxy) is 1. The van der Waals surface area contributed by atoms with Crippen molar-refractivity contribution >= 4 is 22.5 Å². The van der Waals surface area contributed by atoms with E-state index in [4.69, 9.17) is 16.3 Å². The van der Waals surface area contributed by atoms with Crippen LogP contribution in [0.3, 0.4) is 0 Å². The van der Waals surface area contributed by atoms with Crippen molar-refractivity contribution < 1.29 is 4.74 Å². The van der Waals surface area contributed by atoms with Crippen LogP contribution in [0.25, 0.3) is 10.9 Å². The summed E-state index contributed by atoms with van der Waals surface area (Å²) < 4.78 is 5.17. The maximum atomic E-state index is 12.4. The third-order valence-electron chi connectivity index (χ3n) is 4.62. The average Bonchev–Trinajstić information content (AvgIpc) is 2.62. The summed E-state index contributed by atoms with van der Waals surface area (Å²) in [7, 11) is 1.58. The highest BCUT2D eigenvalue weighted by Gasteiger charge is 2.19. The van der Waals surface area contributed by atoms with Gasteiger partial charge in [0.05, 0.1) is 24.6 Å². The van der Waals surface area contributed by atoms with Crippen molar-refractivity contribution in [3.05, 3.63) is 68.7 Å². The van der Waals surface area contributed by atoms with Crippen molar-refractivity contribution in [1.82, 2.24) is 14.9 Å². The second-order valence-corrected chi connectivity index (χ2v) is 6.64. The van der Waals surface area contributed by atoms with Crippen LogP contribution in [0.1, 0.15) is 17.0 Å². The van der Waals surface area contributed by atoms with Crippen molar-refractivity contribution in [3.8, 4) is 5.75 Å². The Bertz CT molecular complexity index is 1000. The number of hydrogen-bond donors (Lipinski definition) is 1. The van der Waals surface area contributed by atoms with E-state index < -0.39 is 0 Å². The number of halogens is 1. The highest BCUT2D eigenvalue weighted by Crippen LogP contribution is 2.26. The van der Waals surface area contributed by atoms with Gasteiger partial charge < -0.3 is 9.72 Å². The molecule has 1 aliphatic rings. The molecule has 3 aromatic rings. The van der Waals surface area contributed by atoms with Crippen LogP contribution >= 0.6 is 11.6 Å². The van der Waals surface area contributed by atoms with Crippen molar-refractivity contribution in [3.63, 3.8) is 0 Å². The fourth-order valence-corrected chi connectivity index (χ4v) is 3.62. The largest absolute Gasteiger partial charge is 0.497 e.